The van der Waals surface area contributed by atoms with Crippen LogP contribution in [0.1, 0.15) is 52.7 Å². The van der Waals surface area contributed by atoms with E-state index in [2.05, 4.69) is 39.7 Å². The molecule has 0 bridgehead atoms. The van der Waals surface area contributed by atoms with Crippen LogP contribution in [-0.4, -0.2) is 9.78 Å². The first-order valence-corrected chi connectivity index (χ1v) is 5.21. The molecular formula is C11H21N3. The molecule has 0 aliphatic heterocycles. The Morgan fingerprint density at radius 3 is 2.43 bits per heavy atom. The van der Waals surface area contributed by atoms with Crippen molar-refractivity contribution >= 4 is 5.69 Å². The van der Waals surface area contributed by atoms with Crippen molar-refractivity contribution in [2.75, 3.05) is 5.73 Å². The van der Waals surface area contributed by atoms with Crippen LogP contribution in [0, 0.1) is 0 Å². The number of hydrogen-bond acceptors (Lipinski definition) is 2. The highest BCUT2D eigenvalue weighted by Gasteiger charge is 2.18. The lowest BCUT2D eigenvalue weighted by molar-refractivity contribution is 0.351. The molecule has 0 saturated heterocycles. The fourth-order valence-corrected chi connectivity index (χ4v) is 1.32. The van der Waals surface area contributed by atoms with E-state index in [-0.39, 0.29) is 5.54 Å². The molecule has 1 unspecified atom stereocenters. The lowest BCUT2D eigenvalue weighted by Gasteiger charge is -2.19. The molecule has 0 aliphatic carbocycles. The van der Waals surface area contributed by atoms with Crippen molar-refractivity contribution in [2.24, 2.45) is 0 Å². The average Bonchev–Trinajstić information content (AvgIpc) is 2.45. The monoisotopic (exact) mass is 195 g/mol. The summed E-state index contributed by atoms with van der Waals surface area (Å²) in [6, 6.07) is 0. The third-order valence-corrected chi connectivity index (χ3v) is 2.54. The minimum absolute atomic E-state index is 0.0137. The molecule has 0 aliphatic rings. The van der Waals surface area contributed by atoms with E-state index in [1.165, 1.54) is 0 Å². The normalized spacial score (nSPS) is 14.4. The number of hydrogen-bond donors (Lipinski definition) is 1. The van der Waals surface area contributed by atoms with Gasteiger partial charge in [0.05, 0.1) is 16.9 Å². The van der Waals surface area contributed by atoms with E-state index in [1.807, 2.05) is 10.9 Å². The Kier molecular flexibility index (Phi) is 2.88. The second-order valence-corrected chi connectivity index (χ2v) is 4.89. The van der Waals surface area contributed by atoms with Crippen molar-refractivity contribution < 1.29 is 0 Å². The summed E-state index contributed by atoms with van der Waals surface area (Å²) in [6.45, 7) is 10.7. The molecule has 2 N–H and O–H groups in total. The van der Waals surface area contributed by atoms with E-state index in [0.717, 1.165) is 17.8 Å². The number of rotatable bonds is 2. The Bertz CT molecular complexity index is 307. The van der Waals surface area contributed by atoms with E-state index in [9.17, 15) is 0 Å². The van der Waals surface area contributed by atoms with Gasteiger partial charge in [0.2, 0.25) is 0 Å². The van der Waals surface area contributed by atoms with Crippen LogP contribution in [-0.2, 0) is 5.54 Å². The lowest BCUT2D eigenvalue weighted by Crippen LogP contribution is -2.22. The lowest BCUT2D eigenvalue weighted by atomic mass is 10.0. The zero-order valence-electron chi connectivity index (χ0n) is 9.83. The highest BCUT2D eigenvalue weighted by Crippen LogP contribution is 2.25. The van der Waals surface area contributed by atoms with Gasteiger partial charge >= 0.3 is 0 Å². The van der Waals surface area contributed by atoms with Crippen molar-refractivity contribution in [3.8, 4) is 0 Å². The zero-order chi connectivity index (χ0) is 10.9. The summed E-state index contributed by atoms with van der Waals surface area (Å²) in [5.41, 5.74) is 7.79. The van der Waals surface area contributed by atoms with Crippen LogP contribution in [0.5, 0.6) is 0 Å². The molecule has 0 aromatic carbocycles. The van der Waals surface area contributed by atoms with Crippen molar-refractivity contribution in [2.45, 2.75) is 52.5 Å². The number of nitrogens with zero attached hydrogens (tertiary/aromatic N) is 2. The van der Waals surface area contributed by atoms with Crippen LogP contribution in [0.25, 0.3) is 0 Å². The largest absolute Gasteiger partial charge is 0.396 e. The van der Waals surface area contributed by atoms with Crippen molar-refractivity contribution in [1.82, 2.24) is 9.78 Å². The molecule has 0 spiro atoms. The Labute approximate surface area is 86.3 Å². The standard InChI is InChI=1S/C11H21N3/c1-6-8(2)10-9(12)7-14(13-10)11(3,4)5/h7-8H,6,12H2,1-5H3. The topological polar surface area (TPSA) is 43.8 Å². The molecule has 0 saturated carbocycles. The molecule has 0 radical (unpaired) electrons. The molecule has 3 heteroatoms. The Balaban J connectivity index is 3.05. The van der Waals surface area contributed by atoms with Crippen molar-refractivity contribution in [3.63, 3.8) is 0 Å². The quantitative estimate of drug-likeness (QED) is 0.788. The first-order chi connectivity index (χ1) is 6.36. The highest BCUT2D eigenvalue weighted by molar-refractivity contribution is 5.42. The maximum Gasteiger partial charge on any atom is 0.0882 e. The summed E-state index contributed by atoms with van der Waals surface area (Å²) in [6.07, 6.45) is 3.01. The second kappa shape index (κ2) is 3.64. The zero-order valence-corrected chi connectivity index (χ0v) is 9.83. The van der Waals surface area contributed by atoms with Gasteiger partial charge in [0.25, 0.3) is 0 Å². The van der Waals surface area contributed by atoms with Crippen LogP contribution < -0.4 is 5.73 Å². The highest BCUT2D eigenvalue weighted by atomic mass is 15.3. The summed E-state index contributed by atoms with van der Waals surface area (Å²) in [5, 5.41) is 4.54. The van der Waals surface area contributed by atoms with Gasteiger partial charge in [0.1, 0.15) is 0 Å². The smallest absolute Gasteiger partial charge is 0.0882 e. The van der Waals surface area contributed by atoms with E-state index in [4.69, 9.17) is 5.73 Å². The second-order valence-electron chi connectivity index (χ2n) is 4.89. The molecule has 1 heterocycles. The van der Waals surface area contributed by atoms with Crippen LogP contribution in [0.15, 0.2) is 6.20 Å². The molecule has 1 aromatic rings. The molecular weight excluding hydrogens is 174 g/mol. The first kappa shape index (κ1) is 11.1. The predicted molar refractivity (Wildman–Crippen MR) is 60.3 cm³/mol. The summed E-state index contributed by atoms with van der Waals surface area (Å²) < 4.78 is 1.95. The molecule has 1 atom stereocenters. The Morgan fingerprint density at radius 1 is 1.50 bits per heavy atom. The van der Waals surface area contributed by atoms with Gasteiger partial charge in [-0.1, -0.05) is 13.8 Å². The van der Waals surface area contributed by atoms with Gasteiger partial charge in [0, 0.05) is 12.1 Å². The van der Waals surface area contributed by atoms with E-state index < -0.39 is 0 Å². The minimum Gasteiger partial charge on any atom is -0.396 e. The SMILES string of the molecule is CCC(C)c1nn(C(C)(C)C)cc1N. The fraction of sp³-hybridized carbons (Fsp3) is 0.727. The van der Waals surface area contributed by atoms with Crippen LogP contribution in [0.2, 0.25) is 0 Å². The van der Waals surface area contributed by atoms with Gasteiger partial charge in [-0.2, -0.15) is 5.10 Å². The van der Waals surface area contributed by atoms with Gasteiger partial charge in [-0.25, -0.2) is 0 Å². The summed E-state index contributed by atoms with van der Waals surface area (Å²) >= 11 is 0. The van der Waals surface area contributed by atoms with E-state index >= 15 is 0 Å². The molecule has 14 heavy (non-hydrogen) atoms. The van der Waals surface area contributed by atoms with Crippen LogP contribution >= 0.6 is 0 Å². The van der Waals surface area contributed by atoms with E-state index in [0.29, 0.717) is 5.92 Å². The van der Waals surface area contributed by atoms with Crippen molar-refractivity contribution in [3.05, 3.63) is 11.9 Å². The van der Waals surface area contributed by atoms with Gasteiger partial charge in [-0.15, -0.1) is 0 Å². The maximum absolute atomic E-state index is 5.93. The third kappa shape index (κ3) is 2.08. The molecule has 80 valence electrons. The summed E-state index contributed by atoms with van der Waals surface area (Å²) in [4.78, 5) is 0. The molecule has 1 aromatic heterocycles. The van der Waals surface area contributed by atoms with Gasteiger partial charge < -0.3 is 5.73 Å². The third-order valence-electron chi connectivity index (χ3n) is 2.54. The van der Waals surface area contributed by atoms with E-state index in [1.54, 1.807) is 0 Å². The minimum atomic E-state index is 0.0137. The number of nitrogens with two attached hydrogens (primary N) is 1. The Hall–Kier alpha value is -0.990. The number of anilines is 1. The molecule has 0 amide bonds. The molecule has 1 rings (SSSR count). The number of aromatic nitrogens is 2. The molecule has 3 nitrogen and oxygen atoms in total. The van der Waals surface area contributed by atoms with Gasteiger partial charge in [-0.05, 0) is 27.2 Å². The fourth-order valence-electron chi connectivity index (χ4n) is 1.32. The van der Waals surface area contributed by atoms with Crippen LogP contribution in [0.3, 0.4) is 0 Å². The van der Waals surface area contributed by atoms with Crippen LogP contribution in [0.4, 0.5) is 5.69 Å². The summed E-state index contributed by atoms with van der Waals surface area (Å²) in [7, 11) is 0. The van der Waals surface area contributed by atoms with Gasteiger partial charge in [0.15, 0.2) is 0 Å². The maximum atomic E-state index is 5.93. The molecule has 0 fully saturated rings. The van der Waals surface area contributed by atoms with Gasteiger partial charge in [-0.3, -0.25) is 4.68 Å². The van der Waals surface area contributed by atoms with Crippen molar-refractivity contribution in [1.29, 1.82) is 0 Å². The Morgan fingerprint density at radius 2 is 2.07 bits per heavy atom. The first-order valence-electron chi connectivity index (χ1n) is 5.21. The summed E-state index contributed by atoms with van der Waals surface area (Å²) in [5.74, 6) is 0.443. The number of nitrogen functional groups attached to an aromatic ring is 1. The average molecular weight is 195 g/mol. The predicted octanol–water partition coefficient (Wildman–Crippen LogP) is 2.73.